The Morgan fingerprint density at radius 3 is 2.52 bits per heavy atom. The summed E-state index contributed by atoms with van der Waals surface area (Å²) in [5.74, 6) is 0.680. The fourth-order valence-corrected chi connectivity index (χ4v) is 3.93. The van der Waals surface area contributed by atoms with E-state index in [4.69, 9.17) is 4.74 Å². The number of amides is 2. The van der Waals surface area contributed by atoms with Crippen molar-refractivity contribution in [2.24, 2.45) is 0 Å². The highest BCUT2D eigenvalue weighted by molar-refractivity contribution is 5.94. The van der Waals surface area contributed by atoms with Gasteiger partial charge in [-0.15, -0.1) is 0 Å². The van der Waals surface area contributed by atoms with Gasteiger partial charge in [-0.3, -0.25) is 14.5 Å². The van der Waals surface area contributed by atoms with Crippen LogP contribution in [0.5, 0.6) is 0 Å². The quantitative estimate of drug-likeness (QED) is 0.514. The van der Waals surface area contributed by atoms with Crippen LogP contribution >= 0.6 is 0 Å². The van der Waals surface area contributed by atoms with Gasteiger partial charge in [-0.1, -0.05) is 0 Å². The second kappa shape index (κ2) is 10.1. The minimum absolute atomic E-state index is 0.0481. The molecule has 0 spiro atoms. The first-order chi connectivity index (χ1) is 15.9. The van der Waals surface area contributed by atoms with Gasteiger partial charge in [-0.2, -0.15) is 0 Å². The predicted octanol–water partition coefficient (Wildman–Crippen LogP) is 3.33. The fourth-order valence-electron chi connectivity index (χ4n) is 3.93. The molecule has 0 unspecified atom stereocenters. The van der Waals surface area contributed by atoms with Gasteiger partial charge in [0.15, 0.2) is 0 Å². The average Bonchev–Trinajstić information content (AvgIpc) is 3.17. The number of nitrogens with one attached hydrogen (secondary N) is 3. The summed E-state index contributed by atoms with van der Waals surface area (Å²) < 4.78 is 5.32. The molecule has 33 heavy (non-hydrogen) atoms. The average molecular weight is 450 g/mol. The van der Waals surface area contributed by atoms with E-state index >= 15 is 0 Å². The van der Waals surface area contributed by atoms with Crippen molar-refractivity contribution < 1.29 is 14.3 Å². The molecule has 2 heterocycles. The minimum Gasteiger partial charge on any atom is -0.379 e. The zero-order valence-corrected chi connectivity index (χ0v) is 19.5. The number of aryl methyl sites for hydroxylation is 4. The molecule has 1 saturated heterocycles. The van der Waals surface area contributed by atoms with Crippen molar-refractivity contribution >= 4 is 34.2 Å². The van der Waals surface area contributed by atoms with Gasteiger partial charge in [0.05, 0.1) is 30.8 Å². The van der Waals surface area contributed by atoms with Crippen LogP contribution in [-0.4, -0.2) is 59.5 Å². The maximum atomic E-state index is 12.5. The van der Waals surface area contributed by atoms with Crippen molar-refractivity contribution in [1.29, 1.82) is 0 Å². The lowest BCUT2D eigenvalue weighted by atomic mass is 10.1. The highest BCUT2D eigenvalue weighted by Crippen LogP contribution is 2.21. The highest BCUT2D eigenvalue weighted by Gasteiger charge is 2.15. The number of hydrogen-bond donors (Lipinski definition) is 3. The third-order valence-electron chi connectivity index (χ3n) is 5.99. The first-order valence-corrected chi connectivity index (χ1v) is 11.3. The van der Waals surface area contributed by atoms with E-state index in [1.807, 2.05) is 25.1 Å². The molecule has 0 saturated carbocycles. The minimum atomic E-state index is -0.0775. The van der Waals surface area contributed by atoms with Gasteiger partial charge >= 0.3 is 0 Å². The molecule has 1 fully saturated rings. The van der Waals surface area contributed by atoms with Crippen molar-refractivity contribution in [2.45, 2.75) is 33.6 Å². The third-order valence-corrected chi connectivity index (χ3v) is 5.99. The number of H-pyrrole nitrogens is 1. The Bertz CT molecular complexity index is 1130. The zero-order valence-electron chi connectivity index (χ0n) is 19.5. The van der Waals surface area contributed by atoms with Gasteiger partial charge in [0.2, 0.25) is 11.8 Å². The van der Waals surface area contributed by atoms with Crippen molar-refractivity contribution in [1.82, 2.24) is 14.9 Å². The van der Waals surface area contributed by atoms with Crippen LogP contribution < -0.4 is 10.6 Å². The molecular formula is C25H31N5O3. The molecule has 0 bridgehead atoms. The van der Waals surface area contributed by atoms with Gasteiger partial charge < -0.3 is 20.4 Å². The van der Waals surface area contributed by atoms with E-state index in [-0.39, 0.29) is 11.8 Å². The van der Waals surface area contributed by atoms with Crippen LogP contribution in [0.2, 0.25) is 0 Å². The van der Waals surface area contributed by atoms with Gasteiger partial charge in [-0.25, -0.2) is 4.98 Å². The maximum Gasteiger partial charge on any atom is 0.238 e. The molecule has 3 N–H and O–H groups in total. The van der Waals surface area contributed by atoms with E-state index in [9.17, 15) is 9.59 Å². The Hall–Kier alpha value is -3.23. The molecule has 0 aliphatic carbocycles. The summed E-state index contributed by atoms with van der Waals surface area (Å²) in [7, 11) is 0. The lowest BCUT2D eigenvalue weighted by molar-refractivity contribution is -0.118. The van der Waals surface area contributed by atoms with E-state index in [2.05, 4.69) is 51.5 Å². The number of morpholine rings is 1. The maximum absolute atomic E-state index is 12.5. The molecule has 4 rings (SSSR count). The number of hydrogen-bond acceptors (Lipinski definition) is 5. The molecule has 2 amide bonds. The Kier molecular flexibility index (Phi) is 7.05. The number of benzene rings is 2. The van der Waals surface area contributed by atoms with E-state index in [1.54, 1.807) is 0 Å². The largest absolute Gasteiger partial charge is 0.379 e. The first-order valence-electron chi connectivity index (χ1n) is 11.3. The number of fused-ring (bicyclic) bond motifs is 1. The third kappa shape index (κ3) is 5.97. The summed E-state index contributed by atoms with van der Waals surface area (Å²) >= 11 is 0. The second-order valence-corrected chi connectivity index (χ2v) is 8.65. The number of rotatable bonds is 7. The van der Waals surface area contributed by atoms with Crippen LogP contribution in [0.25, 0.3) is 11.0 Å². The van der Waals surface area contributed by atoms with Gasteiger partial charge in [0.1, 0.15) is 5.82 Å². The van der Waals surface area contributed by atoms with E-state index in [1.165, 1.54) is 11.1 Å². The van der Waals surface area contributed by atoms with Crippen molar-refractivity contribution in [3.05, 3.63) is 52.8 Å². The SMILES string of the molecule is Cc1cc2nc(CCC(=O)Nc3ccc(NC(=O)CN4CCOCC4)c(C)c3)[nH]c2cc1C. The number of carbonyl (C=O) groups excluding carboxylic acids is 2. The lowest BCUT2D eigenvalue weighted by Crippen LogP contribution is -2.41. The zero-order chi connectivity index (χ0) is 23.4. The fraction of sp³-hybridized carbons (Fsp3) is 0.400. The monoisotopic (exact) mass is 449 g/mol. The number of aromatic amines is 1. The lowest BCUT2D eigenvalue weighted by Gasteiger charge is -2.25. The molecule has 174 valence electrons. The molecule has 2 aromatic carbocycles. The summed E-state index contributed by atoms with van der Waals surface area (Å²) in [6.45, 7) is 9.27. The Balaban J connectivity index is 1.29. The van der Waals surface area contributed by atoms with Gasteiger partial charge in [-0.05, 0) is 67.8 Å². The smallest absolute Gasteiger partial charge is 0.238 e. The molecule has 8 nitrogen and oxygen atoms in total. The van der Waals surface area contributed by atoms with E-state index in [0.29, 0.717) is 38.3 Å². The Morgan fingerprint density at radius 1 is 1.00 bits per heavy atom. The Labute approximate surface area is 193 Å². The predicted molar refractivity (Wildman–Crippen MR) is 130 cm³/mol. The summed E-state index contributed by atoms with van der Waals surface area (Å²) in [6, 6.07) is 9.66. The molecule has 1 aliphatic rings. The van der Waals surface area contributed by atoms with E-state index in [0.717, 1.165) is 41.2 Å². The van der Waals surface area contributed by atoms with Crippen LogP contribution in [0.4, 0.5) is 11.4 Å². The van der Waals surface area contributed by atoms with Crippen LogP contribution in [0.15, 0.2) is 30.3 Å². The van der Waals surface area contributed by atoms with E-state index < -0.39 is 0 Å². The highest BCUT2D eigenvalue weighted by atomic mass is 16.5. The van der Waals surface area contributed by atoms with Crippen molar-refractivity contribution in [3.63, 3.8) is 0 Å². The van der Waals surface area contributed by atoms with Crippen LogP contribution in [0, 0.1) is 20.8 Å². The van der Waals surface area contributed by atoms with Crippen LogP contribution in [0.3, 0.4) is 0 Å². The van der Waals surface area contributed by atoms with Crippen molar-refractivity contribution in [3.8, 4) is 0 Å². The molecule has 3 aromatic rings. The number of anilines is 2. The standard InChI is InChI=1S/C25H31N5O3/c1-16-13-21-22(14-17(16)2)28-23(27-21)6-7-24(31)26-19-4-5-20(18(3)12-19)29-25(32)15-30-8-10-33-11-9-30/h4-5,12-14H,6-11,15H2,1-3H3,(H,26,31)(H,27,28)(H,29,32). The summed E-state index contributed by atoms with van der Waals surface area (Å²) in [5.41, 5.74) is 6.69. The van der Waals surface area contributed by atoms with Gasteiger partial charge in [0, 0.05) is 37.3 Å². The molecular weight excluding hydrogens is 418 g/mol. The van der Waals surface area contributed by atoms with Crippen LogP contribution in [0.1, 0.15) is 28.9 Å². The number of nitrogens with zero attached hydrogens (tertiary/aromatic N) is 2. The molecule has 0 atom stereocenters. The summed E-state index contributed by atoms with van der Waals surface area (Å²) in [4.78, 5) is 34.8. The van der Waals surface area contributed by atoms with Crippen LogP contribution in [-0.2, 0) is 20.7 Å². The molecule has 1 aromatic heterocycles. The number of carbonyl (C=O) groups is 2. The van der Waals surface area contributed by atoms with Gasteiger partial charge in [0.25, 0.3) is 0 Å². The topological polar surface area (TPSA) is 99.3 Å². The Morgan fingerprint density at radius 2 is 1.76 bits per heavy atom. The molecule has 8 heteroatoms. The molecule has 0 radical (unpaired) electrons. The second-order valence-electron chi connectivity index (χ2n) is 8.65. The molecule has 1 aliphatic heterocycles. The van der Waals surface area contributed by atoms with Crippen molar-refractivity contribution in [2.75, 3.05) is 43.5 Å². The first kappa shape index (κ1) is 22.9. The summed E-state index contributed by atoms with van der Waals surface area (Å²) in [6.07, 6.45) is 0.863. The number of ether oxygens (including phenoxy) is 1. The normalized spacial score (nSPS) is 14.4. The number of aromatic nitrogens is 2. The number of imidazole rings is 1. The summed E-state index contributed by atoms with van der Waals surface area (Å²) in [5, 5.41) is 5.89.